The first-order valence-corrected chi connectivity index (χ1v) is 5.65. The molecule has 0 saturated carbocycles. The van der Waals surface area contributed by atoms with E-state index in [0.29, 0.717) is 6.42 Å². The zero-order chi connectivity index (χ0) is 12.0. The van der Waals surface area contributed by atoms with Crippen molar-refractivity contribution in [1.82, 2.24) is 0 Å². The summed E-state index contributed by atoms with van der Waals surface area (Å²) in [6.45, 7) is 5.58. The van der Waals surface area contributed by atoms with Crippen LogP contribution in [0.25, 0.3) is 0 Å². The summed E-state index contributed by atoms with van der Waals surface area (Å²) in [5, 5.41) is 9.53. The van der Waals surface area contributed by atoms with E-state index in [4.69, 9.17) is 18.9 Å². The fourth-order valence-corrected chi connectivity index (χ4v) is 2.47. The molecule has 0 aliphatic carbocycles. The second kappa shape index (κ2) is 3.92. The number of ether oxygens (including phenoxy) is 4. The Hall–Kier alpha value is -0.200. The molecule has 0 aromatic heterocycles. The van der Waals surface area contributed by atoms with Crippen LogP contribution in [-0.2, 0) is 18.9 Å². The Morgan fingerprint density at radius 3 is 2.44 bits per heavy atom. The number of hydrogen-bond acceptors (Lipinski definition) is 5. The topological polar surface area (TPSA) is 57.2 Å². The maximum Gasteiger partial charge on any atom is 0.187 e. The third-order valence-corrected chi connectivity index (χ3v) is 3.37. The molecular weight excluding hydrogens is 212 g/mol. The molecule has 2 fully saturated rings. The Kier molecular flexibility index (Phi) is 3.01. The minimum Gasteiger partial charge on any atom is -0.393 e. The molecule has 0 spiro atoms. The van der Waals surface area contributed by atoms with E-state index in [0.717, 1.165) is 0 Å². The van der Waals surface area contributed by atoms with E-state index in [1.54, 1.807) is 7.11 Å². The van der Waals surface area contributed by atoms with Crippen LogP contribution in [-0.4, -0.2) is 48.7 Å². The first-order chi connectivity index (χ1) is 7.48. The minimum absolute atomic E-state index is 0.0933. The smallest absolute Gasteiger partial charge is 0.187 e. The van der Waals surface area contributed by atoms with Crippen LogP contribution in [0.2, 0.25) is 0 Å². The monoisotopic (exact) mass is 232 g/mol. The average molecular weight is 232 g/mol. The first-order valence-electron chi connectivity index (χ1n) is 5.65. The predicted octanol–water partition coefficient (Wildman–Crippen LogP) is 0.650. The highest BCUT2D eigenvalue weighted by Gasteiger charge is 2.62. The van der Waals surface area contributed by atoms with Crippen LogP contribution < -0.4 is 0 Å². The van der Waals surface area contributed by atoms with Crippen molar-refractivity contribution in [2.24, 2.45) is 0 Å². The summed E-state index contributed by atoms with van der Waals surface area (Å²) < 4.78 is 22.5. The fraction of sp³-hybridized carbons (Fsp3) is 1.00. The predicted molar refractivity (Wildman–Crippen MR) is 55.8 cm³/mol. The highest BCUT2D eigenvalue weighted by Crippen LogP contribution is 2.45. The molecular formula is C11H20O5. The summed E-state index contributed by atoms with van der Waals surface area (Å²) in [5.74, 6) is -0.647. The van der Waals surface area contributed by atoms with Crippen LogP contribution in [0.1, 0.15) is 27.2 Å². The molecule has 2 aliphatic rings. The molecule has 16 heavy (non-hydrogen) atoms. The molecule has 0 aromatic carbocycles. The van der Waals surface area contributed by atoms with Gasteiger partial charge in [0.15, 0.2) is 12.1 Å². The summed E-state index contributed by atoms with van der Waals surface area (Å²) in [5.41, 5.74) is -0.709. The summed E-state index contributed by atoms with van der Waals surface area (Å²) in [7, 11) is 1.57. The lowest BCUT2D eigenvalue weighted by Gasteiger charge is -2.31. The molecule has 0 amide bonds. The summed E-state index contributed by atoms with van der Waals surface area (Å²) in [6.07, 6.45) is -0.363. The van der Waals surface area contributed by atoms with E-state index in [1.165, 1.54) is 0 Å². The Labute approximate surface area is 95.6 Å². The Morgan fingerprint density at radius 1 is 1.25 bits per heavy atom. The first kappa shape index (κ1) is 12.3. The van der Waals surface area contributed by atoms with Gasteiger partial charge >= 0.3 is 0 Å². The average Bonchev–Trinajstić information content (AvgIpc) is 2.70. The molecule has 5 heteroatoms. The van der Waals surface area contributed by atoms with Gasteiger partial charge in [0.25, 0.3) is 0 Å². The molecule has 1 unspecified atom stereocenters. The van der Waals surface area contributed by atoms with Gasteiger partial charge in [-0.25, -0.2) is 0 Å². The van der Waals surface area contributed by atoms with E-state index in [2.05, 4.69) is 0 Å². The van der Waals surface area contributed by atoms with Crippen molar-refractivity contribution in [3.05, 3.63) is 0 Å². The number of aliphatic hydroxyl groups is 1. The van der Waals surface area contributed by atoms with Crippen molar-refractivity contribution < 1.29 is 24.1 Å². The molecule has 94 valence electrons. The van der Waals surface area contributed by atoms with Gasteiger partial charge in [0, 0.05) is 7.11 Å². The van der Waals surface area contributed by atoms with Crippen LogP contribution in [0.4, 0.5) is 0 Å². The molecule has 0 bridgehead atoms. The van der Waals surface area contributed by atoms with Crippen molar-refractivity contribution in [3.63, 3.8) is 0 Å². The van der Waals surface area contributed by atoms with Gasteiger partial charge in [0.05, 0.1) is 6.61 Å². The van der Waals surface area contributed by atoms with Gasteiger partial charge in [0.2, 0.25) is 0 Å². The molecule has 2 saturated heterocycles. The van der Waals surface area contributed by atoms with Gasteiger partial charge in [-0.3, -0.25) is 0 Å². The van der Waals surface area contributed by atoms with Gasteiger partial charge in [-0.2, -0.15) is 0 Å². The SMILES string of the molecule is CC[C@@]1(CO)O[C@@H](OC)[C@H]2OC(C)(C)OC21. The van der Waals surface area contributed by atoms with Crippen LogP contribution in [0, 0.1) is 0 Å². The lowest BCUT2D eigenvalue weighted by atomic mass is 9.93. The number of fused-ring (bicyclic) bond motifs is 1. The number of methoxy groups -OCH3 is 1. The maximum atomic E-state index is 9.53. The number of aliphatic hydroxyl groups excluding tert-OH is 1. The molecule has 0 radical (unpaired) electrons. The largest absolute Gasteiger partial charge is 0.393 e. The van der Waals surface area contributed by atoms with Crippen molar-refractivity contribution in [2.75, 3.05) is 13.7 Å². The molecule has 5 nitrogen and oxygen atoms in total. The molecule has 0 aromatic rings. The van der Waals surface area contributed by atoms with E-state index in [-0.39, 0.29) is 18.8 Å². The van der Waals surface area contributed by atoms with Gasteiger partial charge < -0.3 is 24.1 Å². The third-order valence-electron chi connectivity index (χ3n) is 3.37. The maximum absolute atomic E-state index is 9.53. The highest BCUT2D eigenvalue weighted by atomic mass is 16.8. The zero-order valence-corrected chi connectivity index (χ0v) is 10.2. The van der Waals surface area contributed by atoms with E-state index < -0.39 is 17.7 Å². The van der Waals surface area contributed by atoms with Crippen LogP contribution in [0.3, 0.4) is 0 Å². The van der Waals surface area contributed by atoms with Gasteiger partial charge in [-0.1, -0.05) is 6.92 Å². The second-order valence-corrected chi connectivity index (χ2v) is 4.82. The van der Waals surface area contributed by atoms with Gasteiger partial charge in [-0.15, -0.1) is 0 Å². The van der Waals surface area contributed by atoms with Crippen molar-refractivity contribution in [1.29, 1.82) is 0 Å². The lowest BCUT2D eigenvalue weighted by Crippen LogP contribution is -2.45. The molecule has 2 rings (SSSR count). The highest BCUT2D eigenvalue weighted by molar-refractivity contribution is 5.04. The van der Waals surface area contributed by atoms with Crippen LogP contribution in [0.5, 0.6) is 0 Å². The standard InChI is InChI=1S/C11H20O5/c1-5-11(6-12)8-7(9(13-4)16-11)14-10(2,3)15-8/h7-9,12H,5-6H2,1-4H3/t7-,8?,9+,11-/m0/s1. The van der Waals surface area contributed by atoms with E-state index in [9.17, 15) is 5.11 Å². The van der Waals surface area contributed by atoms with Gasteiger partial charge in [-0.05, 0) is 20.3 Å². The Bertz CT molecular complexity index is 261. The third kappa shape index (κ3) is 1.67. The van der Waals surface area contributed by atoms with Crippen molar-refractivity contribution in [3.8, 4) is 0 Å². The number of rotatable bonds is 3. The quantitative estimate of drug-likeness (QED) is 0.774. The summed E-state index contributed by atoms with van der Waals surface area (Å²) in [4.78, 5) is 0. The second-order valence-electron chi connectivity index (χ2n) is 4.82. The molecule has 2 heterocycles. The minimum atomic E-state index is -0.709. The van der Waals surface area contributed by atoms with E-state index >= 15 is 0 Å². The Balaban J connectivity index is 2.26. The van der Waals surface area contributed by atoms with Crippen LogP contribution in [0.15, 0.2) is 0 Å². The lowest BCUT2D eigenvalue weighted by molar-refractivity contribution is -0.256. The van der Waals surface area contributed by atoms with E-state index in [1.807, 2.05) is 20.8 Å². The normalized spacial score (nSPS) is 45.9. The molecule has 1 N–H and O–H groups in total. The number of hydrogen-bond donors (Lipinski definition) is 1. The fourth-order valence-electron chi connectivity index (χ4n) is 2.47. The summed E-state index contributed by atoms with van der Waals surface area (Å²) >= 11 is 0. The van der Waals surface area contributed by atoms with Crippen LogP contribution >= 0.6 is 0 Å². The van der Waals surface area contributed by atoms with Gasteiger partial charge in [0.1, 0.15) is 17.8 Å². The van der Waals surface area contributed by atoms with Crippen molar-refractivity contribution >= 4 is 0 Å². The van der Waals surface area contributed by atoms with Crippen molar-refractivity contribution in [2.45, 2.75) is 57.1 Å². The summed E-state index contributed by atoms with van der Waals surface area (Å²) in [6, 6.07) is 0. The zero-order valence-electron chi connectivity index (χ0n) is 10.2. The Morgan fingerprint density at radius 2 is 1.94 bits per heavy atom. The molecule has 4 atom stereocenters. The molecule has 2 aliphatic heterocycles.